The number of amides is 1. The first-order valence-electron chi connectivity index (χ1n) is 9.13. The average molecular weight is 403 g/mol. The SMILES string of the molecule is COCN(C(=O)OC(C)(C)C)[C@](F)(C(=O)OCc1ccccc1)c1ccccc1. The van der Waals surface area contributed by atoms with Crippen molar-refractivity contribution in [1.29, 1.82) is 0 Å². The largest absolute Gasteiger partial charge is 0.457 e. The maximum Gasteiger partial charge on any atom is 0.415 e. The molecule has 1 atom stereocenters. The zero-order valence-corrected chi connectivity index (χ0v) is 17.1. The first-order chi connectivity index (χ1) is 13.7. The summed E-state index contributed by atoms with van der Waals surface area (Å²) >= 11 is 0. The van der Waals surface area contributed by atoms with Crippen molar-refractivity contribution >= 4 is 12.1 Å². The van der Waals surface area contributed by atoms with E-state index in [2.05, 4.69) is 0 Å². The predicted octanol–water partition coefficient (Wildman–Crippen LogP) is 4.39. The van der Waals surface area contributed by atoms with Gasteiger partial charge < -0.3 is 14.2 Å². The molecule has 0 bridgehead atoms. The fraction of sp³-hybridized carbons (Fsp3) is 0.364. The van der Waals surface area contributed by atoms with E-state index in [1.165, 1.54) is 19.2 Å². The Morgan fingerprint density at radius 1 is 0.966 bits per heavy atom. The van der Waals surface area contributed by atoms with Crippen LogP contribution in [0.2, 0.25) is 0 Å². The molecule has 29 heavy (non-hydrogen) atoms. The highest BCUT2D eigenvalue weighted by Crippen LogP contribution is 2.34. The van der Waals surface area contributed by atoms with Crippen LogP contribution in [0.1, 0.15) is 31.9 Å². The Labute approximate surface area is 170 Å². The molecule has 0 aliphatic heterocycles. The Hall–Kier alpha value is -2.93. The van der Waals surface area contributed by atoms with Gasteiger partial charge in [-0.25, -0.2) is 18.9 Å². The maximum atomic E-state index is 16.4. The summed E-state index contributed by atoms with van der Waals surface area (Å²) in [5.74, 6) is -4.18. The molecule has 0 saturated carbocycles. The highest BCUT2D eigenvalue weighted by molar-refractivity contribution is 5.85. The Bertz CT molecular complexity index is 807. The minimum atomic E-state index is -2.94. The molecule has 2 aromatic carbocycles. The number of rotatable bonds is 7. The van der Waals surface area contributed by atoms with Crippen molar-refractivity contribution in [3.63, 3.8) is 0 Å². The molecular formula is C22H26FNO5. The Morgan fingerprint density at radius 3 is 2.03 bits per heavy atom. The monoisotopic (exact) mass is 403 g/mol. The third-order valence-corrected chi connectivity index (χ3v) is 3.88. The molecule has 0 saturated heterocycles. The van der Waals surface area contributed by atoms with Gasteiger partial charge in [0.15, 0.2) is 0 Å². The van der Waals surface area contributed by atoms with Crippen molar-refractivity contribution in [1.82, 2.24) is 4.90 Å². The standard InChI is InChI=1S/C22H26FNO5/c1-21(2,3)29-20(26)24(16-27-4)22(23,18-13-9-6-10-14-18)19(25)28-15-17-11-7-5-8-12-17/h5-14H,15-16H2,1-4H3/t22-/m0/s1. The number of ether oxygens (including phenoxy) is 3. The van der Waals surface area contributed by atoms with Gasteiger partial charge in [0.1, 0.15) is 18.9 Å². The van der Waals surface area contributed by atoms with E-state index >= 15 is 4.39 Å². The molecule has 156 valence electrons. The van der Waals surface area contributed by atoms with Crippen LogP contribution in [0.3, 0.4) is 0 Å². The van der Waals surface area contributed by atoms with Gasteiger partial charge in [0, 0.05) is 12.7 Å². The lowest BCUT2D eigenvalue weighted by molar-refractivity contribution is -0.181. The minimum Gasteiger partial charge on any atom is -0.457 e. The smallest absolute Gasteiger partial charge is 0.415 e. The molecule has 2 aromatic rings. The number of halogens is 1. The van der Waals surface area contributed by atoms with Crippen LogP contribution in [0.15, 0.2) is 60.7 Å². The maximum absolute atomic E-state index is 16.4. The Morgan fingerprint density at radius 2 is 1.52 bits per heavy atom. The van der Waals surface area contributed by atoms with Gasteiger partial charge in [0.05, 0.1) is 0 Å². The fourth-order valence-corrected chi connectivity index (χ4v) is 2.58. The van der Waals surface area contributed by atoms with Gasteiger partial charge in [0.25, 0.3) is 0 Å². The molecule has 6 nitrogen and oxygen atoms in total. The summed E-state index contributed by atoms with van der Waals surface area (Å²) in [6.45, 7) is 4.28. The summed E-state index contributed by atoms with van der Waals surface area (Å²) in [6.07, 6.45) is -1.04. The third kappa shape index (κ3) is 5.77. The number of esters is 1. The van der Waals surface area contributed by atoms with Crippen LogP contribution < -0.4 is 0 Å². The second kappa shape index (κ2) is 9.52. The topological polar surface area (TPSA) is 65.1 Å². The van der Waals surface area contributed by atoms with Gasteiger partial charge in [-0.15, -0.1) is 0 Å². The summed E-state index contributed by atoms with van der Waals surface area (Å²) in [5.41, 5.74) is -0.276. The van der Waals surface area contributed by atoms with Gasteiger partial charge in [-0.3, -0.25) is 0 Å². The molecule has 7 heteroatoms. The number of hydrogen-bond donors (Lipinski definition) is 0. The highest BCUT2D eigenvalue weighted by Gasteiger charge is 2.52. The van der Waals surface area contributed by atoms with Crippen molar-refractivity contribution < 1.29 is 28.2 Å². The van der Waals surface area contributed by atoms with Crippen LogP contribution in [0.25, 0.3) is 0 Å². The van der Waals surface area contributed by atoms with Gasteiger partial charge in [-0.1, -0.05) is 60.7 Å². The lowest BCUT2D eigenvalue weighted by atomic mass is 10.0. The van der Waals surface area contributed by atoms with E-state index in [4.69, 9.17) is 14.2 Å². The van der Waals surface area contributed by atoms with Crippen molar-refractivity contribution in [2.75, 3.05) is 13.8 Å². The quantitative estimate of drug-likeness (QED) is 0.390. The zero-order chi connectivity index (χ0) is 21.5. The molecule has 0 aliphatic carbocycles. The van der Waals surface area contributed by atoms with Gasteiger partial charge >= 0.3 is 17.9 Å². The van der Waals surface area contributed by atoms with Crippen molar-refractivity contribution in [3.05, 3.63) is 71.8 Å². The van der Waals surface area contributed by atoms with Gasteiger partial charge in [0.2, 0.25) is 0 Å². The summed E-state index contributed by atoms with van der Waals surface area (Å²) in [4.78, 5) is 26.2. The summed E-state index contributed by atoms with van der Waals surface area (Å²) in [7, 11) is 1.29. The molecule has 0 N–H and O–H groups in total. The molecule has 0 heterocycles. The minimum absolute atomic E-state index is 0.0685. The first kappa shape index (κ1) is 22.4. The molecule has 0 aliphatic rings. The summed E-state index contributed by atoms with van der Waals surface area (Å²) in [5, 5.41) is 0. The molecule has 0 fully saturated rings. The average Bonchev–Trinajstić information content (AvgIpc) is 2.69. The lowest BCUT2D eigenvalue weighted by Gasteiger charge is -2.36. The van der Waals surface area contributed by atoms with Crippen molar-refractivity contribution in [2.24, 2.45) is 0 Å². The number of hydrogen-bond acceptors (Lipinski definition) is 5. The number of carbonyl (C=O) groups excluding carboxylic acids is 2. The normalized spacial score (nSPS) is 13.3. The summed E-state index contributed by atoms with van der Waals surface area (Å²) < 4.78 is 31.9. The lowest BCUT2D eigenvalue weighted by Crippen LogP contribution is -2.54. The van der Waals surface area contributed by atoms with Crippen LogP contribution in [-0.4, -0.2) is 36.4 Å². The van der Waals surface area contributed by atoms with E-state index in [0.717, 1.165) is 0 Å². The first-order valence-corrected chi connectivity index (χ1v) is 9.13. The fourth-order valence-electron chi connectivity index (χ4n) is 2.58. The van der Waals surface area contributed by atoms with Gasteiger partial charge in [-0.05, 0) is 26.3 Å². The molecule has 0 aromatic heterocycles. The van der Waals surface area contributed by atoms with E-state index in [9.17, 15) is 9.59 Å². The van der Waals surface area contributed by atoms with Crippen molar-refractivity contribution in [3.8, 4) is 0 Å². The Balaban J connectivity index is 2.39. The molecule has 0 spiro atoms. The molecule has 0 radical (unpaired) electrons. The van der Waals surface area contributed by atoms with Crippen LogP contribution in [0.5, 0.6) is 0 Å². The van der Waals surface area contributed by atoms with E-state index < -0.39 is 30.2 Å². The van der Waals surface area contributed by atoms with Crippen LogP contribution >= 0.6 is 0 Å². The summed E-state index contributed by atoms with van der Waals surface area (Å²) in [6, 6.07) is 16.5. The number of benzene rings is 2. The number of methoxy groups -OCH3 is 1. The van der Waals surface area contributed by atoms with Crippen molar-refractivity contribution in [2.45, 2.75) is 38.8 Å². The number of alkyl halides is 1. The second-order valence-electron chi connectivity index (χ2n) is 7.38. The third-order valence-electron chi connectivity index (χ3n) is 3.88. The molecule has 1 amide bonds. The number of nitrogens with zero attached hydrogens (tertiary/aromatic N) is 1. The zero-order valence-electron chi connectivity index (χ0n) is 17.1. The number of carbonyl (C=O) groups is 2. The second-order valence-corrected chi connectivity index (χ2v) is 7.38. The van der Waals surface area contributed by atoms with Crippen LogP contribution in [0.4, 0.5) is 9.18 Å². The predicted molar refractivity (Wildman–Crippen MR) is 105 cm³/mol. The van der Waals surface area contributed by atoms with E-state index in [0.29, 0.717) is 10.5 Å². The van der Waals surface area contributed by atoms with Gasteiger partial charge in [-0.2, -0.15) is 0 Å². The van der Waals surface area contributed by atoms with Crippen LogP contribution in [-0.2, 0) is 31.4 Å². The Kier molecular flexibility index (Phi) is 7.34. The van der Waals surface area contributed by atoms with E-state index in [1.54, 1.807) is 63.2 Å². The molecular weight excluding hydrogens is 377 g/mol. The highest BCUT2D eigenvalue weighted by atomic mass is 19.1. The van der Waals surface area contributed by atoms with E-state index in [1.807, 2.05) is 6.07 Å². The molecule has 0 unspecified atom stereocenters. The van der Waals surface area contributed by atoms with E-state index in [-0.39, 0.29) is 12.2 Å². The molecule has 2 rings (SSSR count). The van der Waals surface area contributed by atoms with Crippen LogP contribution in [0, 0.1) is 0 Å².